The number of halogens is 2. The molecular formula is C16H14Cl2CrN. The second-order valence-corrected chi connectivity index (χ2v) is 5.32. The van der Waals surface area contributed by atoms with Crippen LogP contribution in [0.3, 0.4) is 0 Å². The Labute approximate surface area is 140 Å². The molecule has 103 valence electrons. The van der Waals surface area contributed by atoms with Crippen molar-refractivity contribution in [2.75, 3.05) is 0 Å². The number of aryl methyl sites for hydroxylation is 1. The average molecular weight is 343 g/mol. The first kappa shape index (κ1) is 17.3. The van der Waals surface area contributed by atoms with Gasteiger partial charge in [0.1, 0.15) is 0 Å². The van der Waals surface area contributed by atoms with Crippen LogP contribution in [0.25, 0.3) is 6.08 Å². The summed E-state index contributed by atoms with van der Waals surface area (Å²) >= 11 is 3.21. The first-order valence-electron chi connectivity index (χ1n) is 6.22. The van der Waals surface area contributed by atoms with Gasteiger partial charge in [-0.2, -0.15) is 0 Å². The summed E-state index contributed by atoms with van der Waals surface area (Å²) in [5.41, 5.74) is 3.98. The number of hydrogen-bond acceptors (Lipinski definition) is 1. The molecule has 20 heavy (non-hydrogen) atoms. The van der Waals surface area contributed by atoms with E-state index < -0.39 is 0 Å². The SMILES string of the molecule is [Cl-].[Cl-].[Cr+2][C]1=Cc2ccccc2C1CCc1ccccn1. The zero-order valence-electron chi connectivity index (χ0n) is 10.8. The van der Waals surface area contributed by atoms with Gasteiger partial charge in [0.2, 0.25) is 0 Å². The molecule has 4 heteroatoms. The second kappa shape index (κ2) is 7.86. The van der Waals surface area contributed by atoms with E-state index in [2.05, 4.69) is 63.7 Å². The van der Waals surface area contributed by atoms with Crippen molar-refractivity contribution in [3.8, 4) is 0 Å². The van der Waals surface area contributed by atoms with E-state index in [9.17, 15) is 0 Å². The van der Waals surface area contributed by atoms with Gasteiger partial charge in [-0.1, -0.05) is 0 Å². The fraction of sp³-hybridized carbons (Fsp3) is 0.188. The first-order valence-corrected chi connectivity index (χ1v) is 6.86. The van der Waals surface area contributed by atoms with Crippen molar-refractivity contribution >= 4 is 6.08 Å². The molecule has 0 spiro atoms. The van der Waals surface area contributed by atoms with E-state index in [4.69, 9.17) is 0 Å². The Morgan fingerprint density at radius 2 is 1.75 bits per heavy atom. The summed E-state index contributed by atoms with van der Waals surface area (Å²) in [7, 11) is 0. The average Bonchev–Trinajstić information content (AvgIpc) is 2.73. The van der Waals surface area contributed by atoms with Gasteiger partial charge in [-0.3, -0.25) is 0 Å². The monoisotopic (exact) mass is 342 g/mol. The van der Waals surface area contributed by atoms with Crippen LogP contribution in [-0.4, -0.2) is 4.98 Å². The Hall–Kier alpha value is -0.778. The van der Waals surface area contributed by atoms with Crippen LogP contribution in [0.4, 0.5) is 0 Å². The van der Waals surface area contributed by atoms with Gasteiger partial charge >= 0.3 is 116 Å². The zero-order valence-corrected chi connectivity index (χ0v) is 13.6. The van der Waals surface area contributed by atoms with Crippen molar-refractivity contribution in [2.45, 2.75) is 18.8 Å². The molecule has 0 saturated carbocycles. The van der Waals surface area contributed by atoms with Crippen LogP contribution in [-0.2, 0) is 22.7 Å². The van der Waals surface area contributed by atoms with Crippen LogP contribution < -0.4 is 24.8 Å². The number of pyridine rings is 1. The molecule has 0 bridgehead atoms. The van der Waals surface area contributed by atoms with Crippen molar-refractivity contribution in [3.63, 3.8) is 0 Å². The summed E-state index contributed by atoms with van der Waals surface area (Å²) < 4.78 is 1.35. The van der Waals surface area contributed by atoms with E-state index in [1.54, 1.807) is 0 Å². The van der Waals surface area contributed by atoms with Crippen LogP contribution in [0.2, 0.25) is 0 Å². The van der Waals surface area contributed by atoms with Crippen LogP contribution in [0, 0.1) is 0 Å². The molecule has 1 aromatic heterocycles. The number of rotatable bonds is 3. The fourth-order valence-electron chi connectivity index (χ4n) is 2.50. The van der Waals surface area contributed by atoms with Gasteiger partial charge in [0.25, 0.3) is 0 Å². The number of allylic oxidation sites excluding steroid dienone is 1. The molecule has 1 aliphatic carbocycles. The van der Waals surface area contributed by atoms with Gasteiger partial charge in [0.15, 0.2) is 0 Å². The topological polar surface area (TPSA) is 12.9 Å². The van der Waals surface area contributed by atoms with Crippen molar-refractivity contribution in [3.05, 3.63) is 69.9 Å². The molecule has 0 amide bonds. The maximum atomic E-state index is 4.39. The molecule has 1 atom stereocenters. The molecule has 1 heterocycles. The number of benzene rings is 1. The molecule has 0 saturated heterocycles. The molecule has 1 aromatic carbocycles. The number of hydrogen-bond donors (Lipinski definition) is 0. The molecule has 2 aromatic rings. The molecule has 3 rings (SSSR count). The molecule has 1 nitrogen and oxygen atoms in total. The third-order valence-electron chi connectivity index (χ3n) is 3.43. The second-order valence-electron chi connectivity index (χ2n) is 4.59. The van der Waals surface area contributed by atoms with E-state index in [-0.39, 0.29) is 24.8 Å². The molecule has 1 unspecified atom stereocenters. The quantitative estimate of drug-likeness (QED) is 0.612. The van der Waals surface area contributed by atoms with Crippen LogP contribution in [0.5, 0.6) is 0 Å². The molecule has 1 aliphatic rings. The van der Waals surface area contributed by atoms with Gasteiger partial charge in [0.05, 0.1) is 0 Å². The van der Waals surface area contributed by atoms with Crippen LogP contribution in [0.15, 0.2) is 53.1 Å². The van der Waals surface area contributed by atoms with Crippen LogP contribution in [0.1, 0.15) is 29.2 Å². The van der Waals surface area contributed by atoms with Crippen molar-refractivity contribution < 1.29 is 41.1 Å². The minimum atomic E-state index is 0. The summed E-state index contributed by atoms with van der Waals surface area (Å²) in [5.74, 6) is 0.517. The molecule has 0 fully saturated rings. The van der Waals surface area contributed by atoms with E-state index in [0.717, 1.165) is 12.8 Å². The van der Waals surface area contributed by atoms with Gasteiger partial charge < -0.3 is 24.8 Å². The van der Waals surface area contributed by atoms with E-state index >= 15 is 0 Å². The van der Waals surface area contributed by atoms with Crippen LogP contribution >= 0.6 is 0 Å². The standard InChI is InChI=1S/C16H14N.2ClH.Cr/c1-2-7-16-13(5-1)8-9-14(16)10-11-15-6-3-4-12-17-15;;;/h1-8,12,14H,10-11H2;2*1H;/q;;;+2/p-2. The van der Waals surface area contributed by atoms with E-state index in [1.165, 1.54) is 21.3 Å². The summed E-state index contributed by atoms with van der Waals surface area (Å²) in [4.78, 5) is 4.39. The van der Waals surface area contributed by atoms with Crippen molar-refractivity contribution in [1.29, 1.82) is 0 Å². The van der Waals surface area contributed by atoms with Gasteiger partial charge in [0, 0.05) is 0 Å². The normalized spacial score (nSPS) is 15.6. The number of fused-ring (bicyclic) bond motifs is 1. The Morgan fingerprint density at radius 1 is 1.00 bits per heavy atom. The van der Waals surface area contributed by atoms with E-state index in [0.29, 0.717) is 5.92 Å². The number of aromatic nitrogens is 1. The first-order chi connectivity index (χ1) is 8.84. The Bertz CT molecular complexity index is 584. The Morgan fingerprint density at radius 3 is 2.50 bits per heavy atom. The Balaban J connectivity index is 0.000001000. The maximum absolute atomic E-state index is 4.39. The number of nitrogens with zero attached hydrogens (tertiary/aromatic N) is 1. The minimum absolute atomic E-state index is 0. The van der Waals surface area contributed by atoms with Crippen molar-refractivity contribution in [1.82, 2.24) is 4.98 Å². The summed E-state index contributed by atoms with van der Waals surface area (Å²) in [5, 5.41) is 0. The predicted molar refractivity (Wildman–Crippen MR) is 69.7 cm³/mol. The van der Waals surface area contributed by atoms with E-state index in [1.807, 2.05) is 12.3 Å². The molecule has 0 N–H and O–H groups in total. The third kappa shape index (κ3) is 3.65. The summed E-state index contributed by atoms with van der Waals surface area (Å²) in [6.45, 7) is 0. The summed E-state index contributed by atoms with van der Waals surface area (Å²) in [6.07, 6.45) is 6.27. The summed E-state index contributed by atoms with van der Waals surface area (Å²) in [6, 6.07) is 14.8. The van der Waals surface area contributed by atoms with Gasteiger partial charge in [-0.25, -0.2) is 0 Å². The molecule has 0 aliphatic heterocycles. The third-order valence-corrected chi connectivity index (χ3v) is 4.06. The molecule has 0 radical (unpaired) electrons. The fourth-order valence-corrected chi connectivity index (χ4v) is 3.08. The molecular weight excluding hydrogens is 329 g/mol. The Kier molecular flexibility index (Phi) is 6.79. The van der Waals surface area contributed by atoms with Crippen molar-refractivity contribution in [2.24, 2.45) is 0 Å². The predicted octanol–water partition coefficient (Wildman–Crippen LogP) is -2.29. The zero-order chi connectivity index (χ0) is 12.4. The van der Waals surface area contributed by atoms with Gasteiger partial charge in [-0.05, 0) is 0 Å². The van der Waals surface area contributed by atoms with Gasteiger partial charge in [-0.15, -0.1) is 0 Å².